The molecule has 1 rings (SSSR count). The van der Waals surface area contributed by atoms with E-state index in [4.69, 9.17) is 9.47 Å². The van der Waals surface area contributed by atoms with Crippen molar-refractivity contribution in [1.82, 2.24) is 5.32 Å². The molecule has 0 aromatic rings. The fraction of sp³-hybridized carbons (Fsp3) is 0.917. The van der Waals surface area contributed by atoms with Gasteiger partial charge in [-0.1, -0.05) is 13.3 Å². The first kappa shape index (κ1) is 13.5. The second-order valence-electron chi connectivity index (χ2n) is 4.27. The van der Waals surface area contributed by atoms with Gasteiger partial charge in [0.05, 0.1) is 19.3 Å². The summed E-state index contributed by atoms with van der Waals surface area (Å²) < 4.78 is 10.4. The van der Waals surface area contributed by atoms with Crippen LogP contribution < -0.4 is 5.32 Å². The number of rotatable bonds is 7. The fourth-order valence-electron chi connectivity index (χ4n) is 2.04. The minimum Gasteiger partial charge on any atom is -0.465 e. The summed E-state index contributed by atoms with van der Waals surface area (Å²) in [5.74, 6) is -0.157. The standard InChI is InChI=1S/C12H23NO3/c1-3-4-8-16-12(14)9-13-10-6-5-7-11(10)15-2/h10-11,13H,3-9H2,1-2H3. The predicted molar refractivity (Wildman–Crippen MR) is 62.3 cm³/mol. The van der Waals surface area contributed by atoms with Gasteiger partial charge < -0.3 is 14.8 Å². The Hall–Kier alpha value is -0.610. The first-order chi connectivity index (χ1) is 7.77. The molecule has 1 saturated carbocycles. The van der Waals surface area contributed by atoms with Gasteiger partial charge in [0.25, 0.3) is 0 Å². The van der Waals surface area contributed by atoms with Gasteiger partial charge in [0.1, 0.15) is 0 Å². The van der Waals surface area contributed by atoms with E-state index in [0.29, 0.717) is 19.2 Å². The van der Waals surface area contributed by atoms with E-state index in [0.717, 1.165) is 25.7 Å². The Morgan fingerprint density at radius 2 is 2.25 bits per heavy atom. The number of ether oxygens (including phenoxy) is 2. The van der Waals surface area contributed by atoms with Crippen LogP contribution in [0.5, 0.6) is 0 Å². The fourth-order valence-corrected chi connectivity index (χ4v) is 2.04. The van der Waals surface area contributed by atoms with Gasteiger partial charge in [-0.25, -0.2) is 0 Å². The van der Waals surface area contributed by atoms with Gasteiger partial charge in [-0.15, -0.1) is 0 Å². The van der Waals surface area contributed by atoms with Crippen LogP contribution in [-0.4, -0.2) is 38.4 Å². The maximum atomic E-state index is 11.3. The lowest BCUT2D eigenvalue weighted by atomic mass is 10.2. The van der Waals surface area contributed by atoms with Crippen LogP contribution in [0.1, 0.15) is 39.0 Å². The largest absolute Gasteiger partial charge is 0.465 e. The Morgan fingerprint density at radius 3 is 2.94 bits per heavy atom. The van der Waals surface area contributed by atoms with E-state index in [-0.39, 0.29) is 12.1 Å². The lowest BCUT2D eigenvalue weighted by Crippen LogP contribution is -2.40. The zero-order chi connectivity index (χ0) is 11.8. The van der Waals surface area contributed by atoms with Crippen LogP contribution in [0.25, 0.3) is 0 Å². The molecule has 0 aromatic carbocycles. The van der Waals surface area contributed by atoms with Crippen LogP contribution in [0.15, 0.2) is 0 Å². The average Bonchev–Trinajstić information content (AvgIpc) is 2.74. The molecule has 4 nitrogen and oxygen atoms in total. The third kappa shape index (κ3) is 4.49. The number of hydrogen-bond donors (Lipinski definition) is 1. The van der Waals surface area contributed by atoms with Gasteiger partial charge in [0.2, 0.25) is 0 Å². The van der Waals surface area contributed by atoms with Crippen molar-refractivity contribution in [2.45, 2.75) is 51.2 Å². The number of esters is 1. The van der Waals surface area contributed by atoms with Crippen molar-refractivity contribution in [1.29, 1.82) is 0 Å². The second-order valence-corrected chi connectivity index (χ2v) is 4.27. The molecular formula is C12H23NO3. The number of nitrogens with one attached hydrogen (secondary N) is 1. The molecule has 0 spiro atoms. The molecule has 0 amide bonds. The topological polar surface area (TPSA) is 47.6 Å². The maximum Gasteiger partial charge on any atom is 0.319 e. The molecule has 16 heavy (non-hydrogen) atoms. The second kappa shape index (κ2) is 7.63. The molecule has 1 fully saturated rings. The Labute approximate surface area is 97.7 Å². The monoisotopic (exact) mass is 229 g/mol. The molecule has 4 heteroatoms. The molecule has 0 aliphatic heterocycles. The molecule has 0 saturated heterocycles. The summed E-state index contributed by atoms with van der Waals surface area (Å²) in [7, 11) is 1.73. The minimum atomic E-state index is -0.157. The van der Waals surface area contributed by atoms with E-state index >= 15 is 0 Å². The summed E-state index contributed by atoms with van der Waals surface area (Å²) >= 11 is 0. The summed E-state index contributed by atoms with van der Waals surface area (Å²) in [6, 6.07) is 0.309. The molecule has 1 N–H and O–H groups in total. The summed E-state index contributed by atoms with van der Waals surface area (Å²) in [6.45, 7) is 2.91. The molecule has 2 atom stereocenters. The third-order valence-electron chi connectivity index (χ3n) is 3.02. The van der Waals surface area contributed by atoms with Gasteiger partial charge in [0.15, 0.2) is 0 Å². The maximum absolute atomic E-state index is 11.3. The quantitative estimate of drug-likeness (QED) is 0.531. The predicted octanol–water partition coefficient (Wildman–Crippen LogP) is 1.49. The van der Waals surface area contributed by atoms with E-state index in [9.17, 15) is 4.79 Å². The normalized spacial score (nSPS) is 24.6. The lowest BCUT2D eigenvalue weighted by molar-refractivity contribution is -0.142. The van der Waals surface area contributed by atoms with E-state index in [1.54, 1.807) is 7.11 Å². The Bertz CT molecular complexity index is 208. The molecule has 1 aliphatic rings. The Morgan fingerprint density at radius 1 is 1.44 bits per heavy atom. The van der Waals surface area contributed by atoms with Crippen LogP contribution >= 0.6 is 0 Å². The van der Waals surface area contributed by atoms with Crippen LogP contribution in [0.2, 0.25) is 0 Å². The average molecular weight is 229 g/mol. The van der Waals surface area contributed by atoms with Crippen molar-refractivity contribution < 1.29 is 14.3 Å². The van der Waals surface area contributed by atoms with E-state index in [2.05, 4.69) is 12.2 Å². The first-order valence-corrected chi connectivity index (χ1v) is 6.19. The number of hydrogen-bond acceptors (Lipinski definition) is 4. The van der Waals surface area contributed by atoms with E-state index < -0.39 is 0 Å². The van der Waals surface area contributed by atoms with E-state index in [1.807, 2.05) is 0 Å². The summed E-state index contributed by atoms with van der Waals surface area (Å²) in [6.07, 6.45) is 5.58. The van der Waals surface area contributed by atoms with Crippen molar-refractivity contribution in [2.75, 3.05) is 20.3 Å². The van der Waals surface area contributed by atoms with Crippen LogP contribution in [0.4, 0.5) is 0 Å². The number of carbonyl (C=O) groups excluding carboxylic acids is 1. The Balaban J connectivity index is 2.11. The zero-order valence-corrected chi connectivity index (χ0v) is 10.3. The van der Waals surface area contributed by atoms with Crippen molar-refractivity contribution in [3.05, 3.63) is 0 Å². The summed E-state index contributed by atoms with van der Waals surface area (Å²) in [4.78, 5) is 11.3. The summed E-state index contributed by atoms with van der Waals surface area (Å²) in [5.41, 5.74) is 0. The SMILES string of the molecule is CCCCOC(=O)CNC1CCCC1OC. The van der Waals surface area contributed by atoms with Crippen LogP contribution in [-0.2, 0) is 14.3 Å². The van der Waals surface area contributed by atoms with Gasteiger partial charge >= 0.3 is 5.97 Å². The van der Waals surface area contributed by atoms with E-state index in [1.165, 1.54) is 6.42 Å². The first-order valence-electron chi connectivity index (χ1n) is 6.19. The number of carbonyl (C=O) groups is 1. The van der Waals surface area contributed by atoms with Crippen molar-refractivity contribution in [2.24, 2.45) is 0 Å². The van der Waals surface area contributed by atoms with Gasteiger partial charge in [-0.2, -0.15) is 0 Å². The molecule has 2 unspecified atom stereocenters. The molecule has 0 bridgehead atoms. The molecular weight excluding hydrogens is 206 g/mol. The highest BCUT2D eigenvalue weighted by molar-refractivity contribution is 5.71. The van der Waals surface area contributed by atoms with Crippen molar-refractivity contribution in [3.63, 3.8) is 0 Å². The van der Waals surface area contributed by atoms with Crippen LogP contribution in [0, 0.1) is 0 Å². The Kier molecular flexibility index (Phi) is 6.42. The molecule has 0 heterocycles. The van der Waals surface area contributed by atoms with Gasteiger partial charge in [-0.3, -0.25) is 4.79 Å². The highest BCUT2D eigenvalue weighted by Gasteiger charge is 2.26. The molecule has 0 radical (unpaired) electrons. The zero-order valence-electron chi connectivity index (χ0n) is 10.3. The molecule has 1 aliphatic carbocycles. The highest BCUT2D eigenvalue weighted by atomic mass is 16.5. The van der Waals surface area contributed by atoms with Gasteiger partial charge in [0, 0.05) is 13.2 Å². The van der Waals surface area contributed by atoms with Crippen molar-refractivity contribution >= 4 is 5.97 Å². The smallest absolute Gasteiger partial charge is 0.319 e. The molecule has 0 aromatic heterocycles. The minimum absolute atomic E-state index is 0.157. The summed E-state index contributed by atoms with van der Waals surface area (Å²) in [5, 5.41) is 3.21. The lowest BCUT2D eigenvalue weighted by Gasteiger charge is -2.19. The highest BCUT2D eigenvalue weighted by Crippen LogP contribution is 2.21. The number of methoxy groups -OCH3 is 1. The third-order valence-corrected chi connectivity index (χ3v) is 3.02. The van der Waals surface area contributed by atoms with Crippen LogP contribution in [0.3, 0.4) is 0 Å². The van der Waals surface area contributed by atoms with Gasteiger partial charge in [-0.05, 0) is 25.7 Å². The van der Waals surface area contributed by atoms with Crippen molar-refractivity contribution in [3.8, 4) is 0 Å². The number of unbranched alkanes of at least 4 members (excludes halogenated alkanes) is 1. The molecule has 94 valence electrons.